The van der Waals surface area contributed by atoms with Crippen LogP contribution < -0.4 is 9.47 Å². The highest BCUT2D eigenvalue weighted by molar-refractivity contribution is 6.31. The summed E-state index contributed by atoms with van der Waals surface area (Å²) in [6.07, 6.45) is 4.25. The third-order valence-corrected chi connectivity index (χ3v) is 7.02. The molecule has 0 spiro atoms. The van der Waals surface area contributed by atoms with Crippen LogP contribution in [0.5, 0.6) is 11.5 Å². The normalized spacial score (nSPS) is 18.9. The molecule has 7 heteroatoms. The predicted octanol–water partition coefficient (Wildman–Crippen LogP) is 4.44. The number of halogens is 1. The largest absolute Gasteiger partial charge is 0.497 e. The van der Waals surface area contributed by atoms with Gasteiger partial charge in [-0.1, -0.05) is 23.7 Å². The zero-order valence-electron chi connectivity index (χ0n) is 19.3. The van der Waals surface area contributed by atoms with E-state index in [4.69, 9.17) is 21.1 Å². The van der Waals surface area contributed by atoms with Crippen molar-refractivity contribution in [1.29, 1.82) is 0 Å². The van der Waals surface area contributed by atoms with Crippen molar-refractivity contribution in [3.8, 4) is 11.5 Å². The van der Waals surface area contributed by atoms with Gasteiger partial charge in [0.2, 0.25) is 5.91 Å². The van der Waals surface area contributed by atoms with Crippen LogP contribution in [-0.2, 0) is 11.2 Å². The molecular formula is C26H31ClN2O4. The Hall–Kier alpha value is -2.73. The molecule has 0 N–H and O–H groups in total. The molecule has 2 amide bonds. The first-order valence-electron chi connectivity index (χ1n) is 11.6. The first-order valence-corrected chi connectivity index (χ1v) is 11.9. The van der Waals surface area contributed by atoms with Gasteiger partial charge >= 0.3 is 0 Å². The number of hydrogen-bond donors (Lipinski definition) is 0. The predicted molar refractivity (Wildman–Crippen MR) is 128 cm³/mol. The molecule has 0 aliphatic carbocycles. The van der Waals surface area contributed by atoms with Crippen molar-refractivity contribution >= 4 is 23.4 Å². The average molecular weight is 471 g/mol. The number of benzene rings is 2. The number of nitrogens with zero attached hydrogens (tertiary/aromatic N) is 2. The molecular weight excluding hydrogens is 440 g/mol. The second-order valence-corrected chi connectivity index (χ2v) is 9.23. The van der Waals surface area contributed by atoms with Crippen molar-refractivity contribution in [3.05, 3.63) is 58.6 Å². The summed E-state index contributed by atoms with van der Waals surface area (Å²) in [5, 5.41) is 0.500. The maximum atomic E-state index is 13.4. The number of methoxy groups -OCH3 is 2. The maximum Gasteiger partial charge on any atom is 0.257 e. The van der Waals surface area contributed by atoms with Crippen molar-refractivity contribution in [2.75, 3.05) is 33.9 Å². The van der Waals surface area contributed by atoms with Crippen LogP contribution in [-0.4, -0.2) is 61.5 Å². The van der Waals surface area contributed by atoms with Gasteiger partial charge in [0.15, 0.2) is 0 Å². The number of ether oxygens (including phenoxy) is 2. The molecule has 0 aromatic heterocycles. The maximum absolute atomic E-state index is 13.4. The summed E-state index contributed by atoms with van der Waals surface area (Å²) in [6.45, 7) is 1.92. The number of carbonyl (C=O) groups excluding carboxylic acids is 2. The fraction of sp³-hybridized carbons (Fsp3) is 0.462. The summed E-state index contributed by atoms with van der Waals surface area (Å²) in [7, 11) is 3.22. The summed E-state index contributed by atoms with van der Waals surface area (Å²) >= 11 is 6.10. The number of piperidine rings is 1. The minimum Gasteiger partial charge on any atom is -0.497 e. The molecule has 2 aromatic rings. The third kappa shape index (κ3) is 5.27. The van der Waals surface area contributed by atoms with Gasteiger partial charge in [-0.2, -0.15) is 0 Å². The fourth-order valence-corrected chi connectivity index (χ4v) is 5.16. The van der Waals surface area contributed by atoms with Gasteiger partial charge in [-0.15, -0.1) is 0 Å². The Labute approximate surface area is 200 Å². The highest BCUT2D eigenvalue weighted by Crippen LogP contribution is 2.30. The molecule has 4 rings (SSSR count). The van der Waals surface area contributed by atoms with Crippen molar-refractivity contribution in [1.82, 2.24) is 9.80 Å². The smallest absolute Gasteiger partial charge is 0.257 e. The molecule has 2 fully saturated rings. The zero-order chi connectivity index (χ0) is 23.4. The van der Waals surface area contributed by atoms with Gasteiger partial charge in [-0.05, 0) is 68.0 Å². The quantitative estimate of drug-likeness (QED) is 0.626. The average Bonchev–Trinajstić information content (AvgIpc) is 3.31. The SMILES string of the molecule is COc1cccc(CC2CCCN2C(=O)C2CCN(C(=O)c3cc(Cl)ccc3OC)CC2)c1. The first kappa shape index (κ1) is 23.4. The molecule has 1 atom stereocenters. The lowest BCUT2D eigenvalue weighted by atomic mass is 9.93. The molecule has 2 aliphatic heterocycles. The molecule has 2 aromatic carbocycles. The van der Waals surface area contributed by atoms with Crippen LogP contribution in [0.25, 0.3) is 0 Å². The van der Waals surface area contributed by atoms with Crippen LogP contribution in [0.4, 0.5) is 0 Å². The summed E-state index contributed by atoms with van der Waals surface area (Å²) in [4.78, 5) is 30.3. The molecule has 176 valence electrons. The first-order chi connectivity index (χ1) is 16.0. The van der Waals surface area contributed by atoms with E-state index in [1.807, 2.05) is 12.1 Å². The van der Waals surface area contributed by atoms with E-state index in [1.165, 1.54) is 5.56 Å². The van der Waals surface area contributed by atoms with Crippen LogP contribution in [0.3, 0.4) is 0 Å². The molecule has 2 aliphatic rings. The summed E-state index contributed by atoms with van der Waals surface area (Å²) in [5.74, 6) is 1.45. The number of carbonyl (C=O) groups is 2. The Kier molecular flexibility index (Phi) is 7.43. The Morgan fingerprint density at radius 1 is 1.00 bits per heavy atom. The van der Waals surface area contributed by atoms with E-state index in [1.54, 1.807) is 37.3 Å². The lowest BCUT2D eigenvalue weighted by Gasteiger charge is -2.35. The lowest BCUT2D eigenvalue weighted by Crippen LogP contribution is -2.46. The molecule has 6 nitrogen and oxygen atoms in total. The van der Waals surface area contributed by atoms with Crippen molar-refractivity contribution in [3.63, 3.8) is 0 Å². The molecule has 2 saturated heterocycles. The number of hydrogen-bond acceptors (Lipinski definition) is 4. The Bertz CT molecular complexity index is 1000. The molecule has 0 radical (unpaired) electrons. The second kappa shape index (κ2) is 10.5. The van der Waals surface area contributed by atoms with Gasteiger partial charge in [-0.3, -0.25) is 9.59 Å². The Morgan fingerprint density at radius 2 is 1.79 bits per heavy atom. The van der Waals surface area contributed by atoms with Crippen LogP contribution in [0.2, 0.25) is 5.02 Å². The fourth-order valence-electron chi connectivity index (χ4n) is 4.99. The Morgan fingerprint density at radius 3 is 2.52 bits per heavy atom. The second-order valence-electron chi connectivity index (χ2n) is 8.79. The van der Waals surface area contributed by atoms with Crippen LogP contribution in [0.15, 0.2) is 42.5 Å². The van der Waals surface area contributed by atoms with Crippen molar-refractivity contribution < 1.29 is 19.1 Å². The van der Waals surface area contributed by atoms with Crippen LogP contribution >= 0.6 is 11.6 Å². The highest BCUT2D eigenvalue weighted by atomic mass is 35.5. The van der Waals surface area contributed by atoms with Crippen LogP contribution in [0, 0.1) is 5.92 Å². The van der Waals surface area contributed by atoms with Gasteiger partial charge in [0.25, 0.3) is 5.91 Å². The summed E-state index contributed by atoms with van der Waals surface area (Å²) in [6, 6.07) is 13.4. The number of rotatable bonds is 6. The highest BCUT2D eigenvalue weighted by Gasteiger charge is 2.36. The van der Waals surface area contributed by atoms with E-state index in [9.17, 15) is 9.59 Å². The minimum absolute atomic E-state index is 0.0405. The molecule has 33 heavy (non-hydrogen) atoms. The van der Waals surface area contributed by atoms with Gasteiger partial charge in [0.05, 0.1) is 19.8 Å². The van der Waals surface area contributed by atoms with Gasteiger partial charge in [-0.25, -0.2) is 0 Å². The molecule has 0 bridgehead atoms. The lowest BCUT2D eigenvalue weighted by molar-refractivity contribution is -0.137. The van der Waals surface area contributed by atoms with Crippen LogP contribution in [0.1, 0.15) is 41.6 Å². The minimum atomic E-state index is -0.0997. The topological polar surface area (TPSA) is 59.1 Å². The number of amides is 2. The molecule has 0 saturated carbocycles. The van der Waals surface area contributed by atoms with Gasteiger partial charge < -0.3 is 19.3 Å². The van der Waals surface area contributed by atoms with Crippen molar-refractivity contribution in [2.45, 2.75) is 38.1 Å². The van der Waals surface area contributed by atoms with E-state index < -0.39 is 0 Å². The monoisotopic (exact) mass is 470 g/mol. The van der Waals surface area contributed by atoms with Crippen molar-refractivity contribution in [2.24, 2.45) is 5.92 Å². The zero-order valence-corrected chi connectivity index (χ0v) is 20.0. The third-order valence-electron chi connectivity index (χ3n) is 6.79. The molecule has 2 heterocycles. The summed E-state index contributed by atoms with van der Waals surface area (Å²) < 4.78 is 10.7. The van der Waals surface area contributed by atoms with E-state index in [2.05, 4.69) is 17.0 Å². The Balaban J connectivity index is 1.37. The van der Waals surface area contributed by atoms with E-state index in [-0.39, 0.29) is 23.8 Å². The molecule has 1 unspecified atom stereocenters. The standard InChI is InChI=1S/C26H31ClN2O4/c1-32-22-7-3-5-18(16-22)15-21-6-4-12-29(21)25(30)19-10-13-28(14-11-19)26(31)23-17-20(27)8-9-24(23)33-2/h3,5,7-9,16-17,19,21H,4,6,10-15H2,1-2H3. The summed E-state index contributed by atoms with van der Waals surface area (Å²) in [5.41, 5.74) is 1.66. The van der Waals surface area contributed by atoms with E-state index in [0.717, 1.165) is 31.6 Å². The van der Waals surface area contributed by atoms with Gasteiger partial charge in [0.1, 0.15) is 11.5 Å². The van der Waals surface area contributed by atoms with E-state index >= 15 is 0 Å². The number of likely N-dealkylation sites (tertiary alicyclic amines) is 2. The van der Waals surface area contributed by atoms with Gasteiger partial charge in [0, 0.05) is 36.6 Å². The van der Waals surface area contributed by atoms with E-state index in [0.29, 0.717) is 42.3 Å².